The Balaban J connectivity index is 2.26. The molecule has 1 spiro atoms. The highest BCUT2D eigenvalue weighted by molar-refractivity contribution is 9.10. The second-order valence-electron chi connectivity index (χ2n) is 5.62. The molecule has 0 aromatic heterocycles. The number of nitrogens with two attached hydrogens (primary N) is 1. The van der Waals surface area contributed by atoms with Crippen LogP contribution >= 0.6 is 15.9 Å². The van der Waals surface area contributed by atoms with E-state index in [-0.39, 0.29) is 24.2 Å². The van der Waals surface area contributed by atoms with E-state index in [4.69, 9.17) is 5.73 Å². The minimum absolute atomic E-state index is 0.127. The Kier molecular flexibility index (Phi) is 3.02. The number of halogens is 3. The summed E-state index contributed by atoms with van der Waals surface area (Å²) in [7, 11) is -4.17. The molecule has 0 saturated heterocycles. The molecule has 2 N–H and O–H groups in total. The number of rotatable bonds is 1. The molecule has 0 radical (unpaired) electrons. The molecule has 0 amide bonds. The smallest absolute Gasteiger partial charge is 0.230 e. The topological polar surface area (TPSA) is 72.5 Å². The molecule has 1 heterocycles. The van der Waals surface area contributed by atoms with Crippen molar-refractivity contribution >= 4 is 31.6 Å². The number of hydrogen-bond acceptors (Lipinski definition) is 4. The van der Waals surface area contributed by atoms with Crippen molar-refractivity contribution in [2.75, 3.05) is 0 Å². The Hall–Kier alpha value is -1.02. The molecule has 1 aromatic carbocycles. The van der Waals surface area contributed by atoms with Crippen molar-refractivity contribution in [3.63, 3.8) is 0 Å². The number of benzene rings is 1. The van der Waals surface area contributed by atoms with Crippen molar-refractivity contribution < 1.29 is 17.2 Å². The minimum atomic E-state index is -4.17. The molecule has 21 heavy (non-hydrogen) atoms. The summed E-state index contributed by atoms with van der Waals surface area (Å²) in [5.41, 5.74) is 1.44. The third-order valence-electron chi connectivity index (χ3n) is 4.26. The Bertz CT molecular complexity index is 761. The molecular weight excluding hydrogens is 366 g/mol. The van der Waals surface area contributed by atoms with Gasteiger partial charge in [0.1, 0.15) is 21.9 Å². The van der Waals surface area contributed by atoms with E-state index in [0.29, 0.717) is 4.47 Å². The second kappa shape index (κ2) is 4.25. The van der Waals surface area contributed by atoms with Crippen LogP contribution < -0.4 is 5.73 Å². The summed E-state index contributed by atoms with van der Waals surface area (Å²) in [5.74, 6) is -0.847. The van der Waals surface area contributed by atoms with E-state index >= 15 is 0 Å². The first-order valence-corrected chi connectivity index (χ1v) is 8.68. The third-order valence-corrected chi connectivity index (χ3v) is 7.46. The summed E-state index contributed by atoms with van der Waals surface area (Å²) in [6.45, 7) is 1.25. The SMILES string of the molecule is C[C@]1(c2cc(Br)ccc2F)N=C(N)C2(CC2)S(=O)(=O)C1F. The van der Waals surface area contributed by atoms with Crippen LogP contribution in [-0.4, -0.2) is 24.5 Å². The lowest BCUT2D eigenvalue weighted by molar-refractivity contribution is 0.270. The highest BCUT2D eigenvalue weighted by Crippen LogP contribution is 2.53. The number of nitrogens with zero attached hydrogens (tertiary/aromatic N) is 1. The van der Waals surface area contributed by atoms with Crippen molar-refractivity contribution in [2.45, 2.75) is 35.6 Å². The molecule has 1 aliphatic carbocycles. The van der Waals surface area contributed by atoms with E-state index in [2.05, 4.69) is 20.9 Å². The first-order valence-electron chi connectivity index (χ1n) is 6.34. The molecule has 3 rings (SSSR count). The van der Waals surface area contributed by atoms with Crippen LogP contribution in [0.1, 0.15) is 25.3 Å². The van der Waals surface area contributed by atoms with Gasteiger partial charge in [0.15, 0.2) is 9.84 Å². The van der Waals surface area contributed by atoms with Gasteiger partial charge in [-0.2, -0.15) is 0 Å². The van der Waals surface area contributed by atoms with Crippen molar-refractivity contribution in [2.24, 2.45) is 10.7 Å². The zero-order chi connectivity index (χ0) is 15.6. The van der Waals surface area contributed by atoms with E-state index in [9.17, 15) is 17.2 Å². The second-order valence-corrected chi connectivity index (χ2v) is 8.83. The summed E-state index contributed by atoms with van der Waals surface area (Å²) in [6, 6.07) is 3.92. The zero-order valence-corrected chi connectivity index (χ0v) is 13.5. The number of amidine groups is 1. The van der Waals surface area contributed by atoms with Gasteiger partial charge in [-0.25, -0.2) is 17.2 Å². The Labute approximate surface area is 129 Å². The van der Waals surface area contributed by atoms with Crippen molar-refractivity contribution in [1.82, 2.24) is 0 Å². The number of alkyl halides is 1. The van der Waals surface area contributed by atoms with Gasteiger partial charge in [-0.15, -0.1) is 0 Å². The van der Waals surface area contributed by atoms with Gasteiger partial charge in [0.05, 0.1) is 0 Å². The monoisotopic (exact) mass is 378 g/mol. The van der Waals surface area contributed by atoms with Gasteiger partial charge in [-0.3, -0.25) is 4.99 Å². The fraction of sp³-hybridized carbons (Fsp3) is 0.462. The highest BCUT2D eigenvalue weighted by atomic mass is 79.9. The Morgan fingerprint density at radius 1 is 1.43 bits per heavy atom. The molecular formula is C13H13BrF2N2O2S. The Morgan fingerprint density at radius 2 is 2.05 bits per heavy atom. The first-order chi connectivity index (χ1) is 9.65. The lowest BCUT2D eigenvalue weighted by Crippen LogP contribution is -2.54. The molecule has 2 atom stereocenters. The predicted molar refractivity (Wildman–Crippen MR) is 78.9 cm³/mol. The number of sulfone groups is 1. The zero-order valence-electron chi connectivity index (χ0n) is 11.1. The molecule has 4 nitrogen and oxygen atoms in total. The summed E-state index contributed by atoms with van der Waals surface area (Å²) < 4.78 is 52.8. The maximum atomic E-state index is 14.8. The van der Waals surface area contributed by atoms with Crippen LogP contribution in [-0.2, 0) is 15.4 Å². The summed E-state index contributed by atoms with van der Waals surface area (Å²) in [6.07, 6.45) is 0.532. The predicted octanol–water partition coefficient (Wildman–Crippen LogP) is 2.42. The molecule has 1 aliphatic heterocycles. The number of hydrogen-bond donors (Lipinski definition) is 1. The molecule has 114 valence electrons. The lowest BCUT2D eigenvalue weighted by Gasteiger charge is -2.37. The lowest BCUT2D eigenvalue weighted by atomic mass is 9.93. The average molecular weight is 379 g/mol. The molecule has 8 heteroatoms. The molecule has 1 fully saturated rings. The van der Waals surface area contributed by atoms with E-state index in [1.807, 2.05) is 0 Å². The highest BCUT2D eigenvalue weighted by Gasteiger charge is 2.67. The standard InChI is InChI=1S/C13H13BrF2N2O2S/c1-12(8-6-7(14)2-3-9(8)15)10(16)21(19,20)13(4-5-13)11(17)18-12/h2-3,6,10H,4-5H2,1H3,(H2,17,18)/t10?,12-/m1/s1. The van der Waals surface area contributed by atoms with Crippen LogP contribution in [0.4, 0.5) is 8.78 Å². The fourth-order valence-electron chi connectivity index (χ4n) is 2.77. The largest absolute Gasteiger partial charge is 0.386 e. The van der Waals surface area contributed by atoms with Crippen molar-refractivity contribution in [3.8, 4) is 0 Å². The van der Waals surface area contributed by atoms with Crippen LogP contribution in [0.25, 0.3) is 0 Å². The van der Waals surface area contributed by atoms with Crippen LogP contribution in [0.15, 0.2) is 27.7 Å². The van der Waals surface area contributed by atoms with E-state index < -0.39 is 31.4 Å². The minimum Gasteiger partial charge on any atom is -0.386 e. The number of aliphatic imine (C=N–C) groups is 1. The van der Waals surface area contributed by atoms with Gasteiger partial charge in [0, 0.05) is 10.0 Å². The quantitative estimate of drug-likeness (QED) is 0.815. The van der Waals surface area contributed by atoms with Gasteiger partial charge in [-0.05, 0) is 38.0 Å². The van der Waals surface area contributed by atoms with Crippen LogP contribution in [0.2, 0.25) is 0 Å². The normalized spacial score (nSPS) is 32.8. The summed E-state index contributed by atoms with van der Waals surface area (Å²) in [4.78, 5) is 4.06. The van der Waals surface area contributed by atoms with Crippen LogP contribution in [0.3, 0.4) is 0 Å². The van der Waals surface area contributed by atoms with Gasteiger partial charge >= 0.3 is 0 Å². The van der Waals surface area contributed by atoms with E-state index in [0.717, 1.165) is 6.07 Å². The maximum Gasteiger partial charge on any atom is 0.230 e. The molecule has 0 bridgehead atoms. The van der Waals surface area contributed by atoms with Crippen molar-refractivity contribution in [1.29, 1.82) is 0 Å². The first kappa shape index (κ1) is 14.9. The summed E-state index contributed by atoms with van der Waals surface area (Å²) >= 11 is 3.17. The average Bonchev–Trinajstić information content (AvgIpc) is 3.20. The van der Waals surface area contributed by atoms with Crippen LogP contribution in [0, 0.1) is 5.82 Å². The van der Waals surface area contributed by atoms with E-state index in [1.54, 1.807) is 0 Å². The summed E-state index contributed by atoms with van der Waals surface area (Å²) in [5, 5.41) is 0. The molecule has 1 unspecified atom stereocenters. The van der Waals surface area contributed by atoms with E-state index in [1.165, 1.54) is 19.1 Å². The third kappa shape index (κ3) is 1.81. The molecule has 1 aromatic rings. The fourth-order valence-corrected chi connectivity index (χ4v) is 5.32. The Morgan fingerprint density at radius 3 is 2.62 bits per heavy atom. The van der Waals surface area contributed by atoms with Gasteiger partial charge in [0.2, 0.25) is 5.50 Å². The van der Waals surface area contributed by atoms with Gasteiger partial charge in [0.25, 0.3) is 0 Å². The maximum absolute atomic E-state index is 14.8. The van der Waals surface area contributed by atoms with Crippen LogP contribution in [0.5, 0.6) is 0 Å². The van der Waals surface area contributed by atoms with Gasteiger partial charge < -0.3 is 5.73 Å². The molecule has 2 aliphatic rings. The van der Waals surface area contributed by atoms with Gasteiger partial charge in [-0.1, -0.05) is 15.9 Å². The molecule has 1 saturated carbocycles. The van der Waals surface area contributed by atoms with Crippen molar-refractivity contribution in [3.05, 3.63) is 34.1 Å².